The molecule has 2 aromatic rings. The Balaban J connectivity index is 1.82. The fourth-order valence-corrected chi connectivity index (χ4v) is 2.95. The van der Waals surface area contributed by atoms with Crippen LogP contribution in [-0.4, -0.2) is 29.7 Å². The quantitative estimate of drug-likeness (QED) is 0.944. The number of nitrogens with zero attached hydrogens (tertiary/aromatic N) is 2. The highest BCUT2D eigenvalue weighted by atomic mass is 35.5. The van der Waals surface area contributed by atoms with Crippen LogP contribution in [0.4, 0.5) is 0 Å². The van der Waals surface area contributed by atoms with Crippen molar-refractivity contribution in [3.63, 3.8) is 0 Å². The maximum Gasteiger partial charge on any atom is 0.133 e. The zero-order valence-corrected chi connectivity index (χ0v) is 12.2. The van der Waals surface area contributed by atoms with Crippen molar-refractivity contribution in [1.82, 2.24) is 15.4 Å². The van der Waals surface area contributed by atoms with E-state index in [9.17, 15) is 0 Å². The van der Waals surface area contributed by atoms with Crippen molar-refractivity contribution < 1.29 is 4.52 Å². The standard InChI is InChI=1S/C15H18ClN3O/c1-11-8-12(18-20-11)10-19-7-6-17-9-15(19)13-4-2-3-5-14(13)16/h2-5,8,15,17H,6-7,9-10H2,1H3. The van der Waals surface area contributed by atoms with Crippen LogP contribution in [0.3, 0.4) is 0 Å². The number of nitrogens with one attached hydrogen (secondary N) is 1. The van der Waals surface area contributed by atoms with E-state index >= 15 is 0 Å². The fourth-order valence-electron chi connectivity index (χ4n) is 2.69. The van der Waals surface area contributed by atoms with Gasteiger partial charge in [0.2, 0.25) is 0 Å². The number of rotatable bonds is 3. The van der Waals surface area contributed by atoms with Crippen molar-refractivity contribution in [2.45, 2.75) is 19.5 Å². The maximum atomic E-state index is 6.34. The molecule has 1 atom stereocenters. The normalized spacial score (nSPS) is 20.2. The van der Waals surface area contributed by atoms with Crippen molar-refractivity contribution in [2.24, 2.45) is 0 Å². The number of halogens is 1. The van der Waals surface area contributed by atoms with E-state index < -0.39 is 0 Å². The van der Waals surface area contributed by atoms with Crippen LogP contribution in [0, 0.1) is 6.92 Å². The highest BCUT2D eigenvalue weighted by Gasteiger charge is 2.26. The van der Waals surface area contributed by atoms with Gasteiger partial charge in [-0.25, -0.2) is 0 Å². The minimum absolute atomic E-state index is 0.273. The second-order valence-electron chi connectivity index (χ2n) is 5.14. The fraction of sp³-hybridized carbons (Fsp3) is 0.400. The van der Waals surface area contributed by atoms with E-state index in [1.807, 2.05) is 31.2 Å². The molecular formula is C15H18ClN3O. The smallest absolute Gasteiger partial charge is 0.133 e. The van der Waals surface area contributed by atoms with Crippen molar-refractivity contribution in [2.75, 3.05) is 19.6 Å². The molecular weight excluding hydrogens is 274 g/mol. The molecule has 1 aliphatic rings. The van der Waals surface area contributed by atoms with Crippen LogP contribution in [0.15, 0.2) is 34.9 Å². The van der Waals surface area contributed by atoms with E-state index in [1.165, 1.54) is 5.56 Å². The Morgan fingerprint density at radius 2 is 2.30 bits per heavy atom. The zero-order valence-electron chi connectivity index (χ0n) is 11.5. The number of hydrogen-bond donors (Lipinski definition) is 1. The molecule has 106 valence electrons. The lowest BCUT2D eigenvalue weighted by Crippen LogP contribution is -2.45. The summed E-state index contributed by atoms with van der Waals surface area (Å²) < 4.78 is 5.15. The Morgan fingerprint density at radius 3 is 3.05 bits per heavy atom. The topological polar surface area (TPSA) is 41.3 Å². The molecule has 1 aliphatic heterocycles. The minimum atomic E-state index is 0.273. The van der Waals surface area contributed by atoms with Gasteiger partial charge in [-0.2, -0.15) is 0 Å². The molecule has 1 aromatic carbocycles. The SMILES string of the molecule is Cc1cc(CN2CCNCC2c2ccccc2Cl)no1. The molecule has 0 radical (unpaired) electrons. The van der Waals surface area contributed by atoms with Gasteiger partial charge in [0, 0.05) is 43.3 Å². The molecule has 3 rings (SSSR count). The van der Waals surface area contributed by atoms with Crippen LogP contribution in [0.5, 0.6) is 0 Å². The van der Waals surface area contributed by atoms with Crippen LogP contribution in [0.2, 0.25) is 5.02 Å². The average Bonchev–Trinajstić information content (AvgIpc) is 2.86. The lowest BCUT2D eigenvalue weighted by Gasteiger charge is -2.36. The molecule has 4 nitrogen and oxygen atoms in total. The number of benzene rings is 1. The molecule has 1 aromatic heterocycles. The third kappa shape index (κ3) is 2.87. The summed E-state index contributed by atoms with van der Waals surface area (Å²) in [5, 5.41) is 8.35. The van der Waals surface area contributed by atoms with Crippen LogP contribution in [0.1, 0.15) is 23.1 Å². The van der Waals surface area contributed by atoms with Crippen LogP contribution < -0.4 is 5.32 Å². The Kier molecular flexibility index (Phi) is 4.05. The molecule has 1 fully saturated rings. The molecule has 0 saturated carbocycles. The van der Waals surface area contributed by atoms with Gasteiger partial charge < -0.3 is 9.84 Å². The summed E-state index contributed by atoms with van der Waals surface area (Å²) in [5.74, 6) is 0.851. The Labute approximate surface area is 123 Å². The van der Waals surface area contributed by atoms with Gasteiger partial charge in [-0.3, -0.25) is 4.90 Å². The summed E-state index contributed by atoms with van der Waals surface area (Å²) in [4.78, 5) is 2.40. The molecule has 1 N–H and O–H groups in total. The molecule has 1 unspecified atom stereocenters. The molecule has 0 bridgehead atoms. The summed E-state index contributed by atoms with van der Waals surface area (Å²) in [7, 11) is 0. The van der Waals surface area contributed by atoms with E-state index in [2.05, 4.69) is 21.4 Å². The number of piperazine rings is 1. The number of hydrogen-bond acceptors (Lipinski definition) is 4. The van der Waals surface area contributed by atoms with E-state index in [4.69, 9.17) is 16.1 Å². The third-order valence-electron chi connectivity index (χ3n) is 3.66. The Morgan fingerprint density at radius 1 is 1.45 bits per heavy atom. The first-order valence-corrected chi connectivity index (χ1v) is 7.23. The van der Waals surface area contributed by atoms with Gasteiger partial charge in [0.05, 0.1) is 5.69 Å². The highest BCUT2D eigenvalue weighted by Crippen LogP contribution is 2.29. The van der Waals surface area contributed by atoms with Crippen molar-refractivity contribution in [3.05, 3.63) is 52.4 Å². The number of aryl methyl sites for hydroxylation is 1. The van der Waals surface area contributed by atoms with Crippen LogP contribution >= 0.6 is 11.6 Å². The first-order chi connectivity index (χ1) is 9.74. The first kappa shape index (κ1) is 13.6. The van der Waals surface area contributed by atoms with Gasteiger partial charge in [-0.1, -0.05) is 35.0 Å². The molecule has 0 amide bonds. The highest BCUT2D eigenvalue weighted by molar-refractivity contribution is 6.31. The van der Waals surface area contributed by atoms with E-state index in [-0.39, 0.29) is 6.04 Å². The summed E-state index contributed by atoms with van der Waals surface area (Å²) >= 11 is 6.34. The summed E-state index contributed by atoms with van der Waals surface area (Å²) in [6.45, 7) is 5.56. The maximum absolute atomic E-state index is 6.34. The van der Waals surface area contributed by atoms with E-state index in [0.29, 0.717) is 0 Å². The molecule has 1 saturated heterocycles. The van der Waals surface area contributed by atoms with Gasteiger partial charge in [-0.05, 0) is 18.6 Å². The molecule has 20 heavy (non-hydrogen) atoms. The molecule has 0 spiro atoms. The van der Waals surface area contributed by atoms with Gasteiger partial charge in [0.15, 0.2) is 0 Å². The van der Waals surface area contributed by atoms with Gasteiger partial charge in [0.1, 0.15) is 5.76 Å². The largest absolute Gasteiger partial charge is 0.361 e. The Bertz CT molecular complexity index is 584. The third-order valence-corrected chi connectivity index (χ3v) is 4.00. The second-order valence-corrected chi connectivity index (χ2v) is 5.55. The zero-order chi connectivity index (χ0) is 13.9. The van der Waals surface area contributed by atoms with Crippen molar-refractivity contribution in [1.29, 1.82) is 0 Å². The minimum Gasteiger partial charge on any atom is -0.361 e. The summed E-state index contributed by atoms with van der Waals surface area (Å²) in [6, 6.07) is 10.3. The number of aromatic nitrogens is 1. The van der Waals surface area contributed by atoms with E-state index in [1.54, 1.807) is 0 Å². The second kappa shape index (κ2) is 5.95. The summed E-state index contributed by atoms with van der Waals surface area (Å²) in [5.41, 5.74) is 2.14. The lowest BCUT2D eigenvalue weighted by atomic mass is 10.0. The van der Waals surface area contributed by atoms with Crippen LogP contribution in [0.25, 0.3) is 0 Å². The molecule has 5 heteroatoms. The van der Waals surface area contributed by atoms with Gasteiger partial charge in [-0.15, -0.1) is 0 Å². The average molecular weight is 292 g/mol. The lowest BCUT2D eigenvalue weighted by molar-refractivity contribution is 0.150. The van der Waals surface area contributed by atoms with Gasteiger partial charge in [0.25, 0.3) is 0 Å². The first-order valence-electron chi connectivity index (χ1n) is 6.85. The molecule has 2 heterocycles. The van der Waals surface area contributed by atoms with Crippen molar-refractivity contribution in [3.8, 4) is 0 Å². The van der Waals surface area contributed by atoms with E-state index in [0.717, 1.165) is 42.7 Å². The molecule has 0 aliphatic carbocycles. The van der Waals surface area contributed by atoms with Crippen LogP contribution in [-0.2, 0) is 6.54 Å². The predicted molar refractivity (Wildman–Crippen MR) is 78.7 cm³/mol. The predicted octanol–water partition coefficient (Wildman–Crippen LogP) is 2.78. The summed E-state index contributed by atoms with van der Waals surface area (Å²) in [6.07, 6.45) is 0. The monoisotopic (exact) mass is 291 g/mol. The van der Waals surface area contributed by atoms with Gasteiger partial charge >= 0.3 is 0 Å². The van der Waals surface area contributed by atoms with Crippen molar-refractivity contribution >= 4 is 11.6 Å². The Hall–Kier alpha value is -1.36.